The van der Waals surface area contributed by atoms with Crippen molar-refractivity contribution in [1.29, 1.82) is 0 Å². The lowest BCUT2D eigenvalue weighted by Crippen LogP contribution is -2.38. The van der Waals surface area contributed by atoms with Gasteiger partial charge in [-0.15, -0.1) is 0 Å². The molecule has 0 bridgehead atoms. The van der Waals surface area contributed by atoms with Gasteiger partial charge in [0.2, 0.25) is 0 Å². The Kier molecular flexibility index (Phi) is 3.62. The van der Waals surface area contributed by atoms with Gasteiger partial charge in [0, 0.05) is 36.6 Å². The van der Waals surface area contributed by atoms with E-state index in [1.807, 2.05) is 36.9 Å². The topological polar surface area (TPSA) is 72.9 Å². The van der Waals surface area contributed by atoms with Gasteiger partial charge in [-0.25, -0.2) is 9.97 Å². The van der Waals surface area contributed by atoms with Gasteiger partial charge >= 0.3 is 0 Å². The Labute approximate surface area is 150 Å². The van der Waals surface area contributed by atoms with Gasteiger partial charge in [-0.3, -0.25) is 0 Å². The van der Waals surface area contributed by atoms with Crippen molar-refractivity contribution < 1.29 is 0 Å². The van der Waals surface area contributed by atoms with E-state index < -0.39 is 0 Å². The normalized spacial score (nSPS) is 19.4. The summed E-state index contributed by atoms with van der Waals surface area (Å²) in [7, 11) is 0. The lowest BCUT2D eigenvalue weighted by Gasteiger charge is -2.36. The molecule has 0 saturated heterocycles. The number of anilines is 1. The zero-order valence-electron chi connectivity index (χ0n) is 14.2. The highest BCUT2D eigenvalue weighted by molar-refractivity contribution is 5.65. The Morgan fingerprint density at radius 1 is 1.15 bits per heavy atom. The third kappa shape index (κ3) is 2.81. The lowest BCUT2D eigenvalue weighted by atomic mass is 9.80. The van der Waals surface area contributed by atoms with E-state index in [4.69, 9.17) is 0 Å². The third-order valence-electron chi connectivity index (χ3n) is 4.94. The van der Waals surface area contributed by atoms with E-state index in [0.717, 1.165) is 36.5 Å². The summed E-state index contributed by atoms with van der Waals surface area (Å²) >= 11 is 0. The quantitative estimate of drug-likeness (QED) is 0.602. The molecule has 7 nitrogen and oxygen atoms in total. The summed E-state index contributed by atoms with van der Waals surface area (Å²) in [4.78, 5) is 13.0. The lowest BCUT2D eigenvalue weighted by molar-refractivity contribution is 0.248. The number of aromatic nitrogens is 6. The molecule has 4 aromatic rings. The van der Waals surface area contributed by atoms with Gasteiger partial charge < -0.3 is 9.88 Å². The Morgan fingerprint density at radius 3 is 2.85 bits per heavy atom. The van der Waals surface area contributed by atoms with Gasteiger partial charge in [0.1, 0.15) is 12.1 Å². The van der Waals surface area contributed by atoms with Crippen LogP contribution in [0.15, 0.2) is 61.4 Å². The van der Waals surface area contributed by atoms with Crippen molar-refractivity contribution in [2.75, 3.05) is 5.32 Å². The molecule has 3 heterocycles. The second kappa shape index (κ2) is 6.25. The smallest absolute Gasteiger partial charge is 0.254 e. The summed E-state index contributed by atoms with van der Waals surface area (Å²) in [5, 5.41) is 7.94. The van der Waals surface area contributed by atoms with Crippen LogP contribution in [0.1, 0.15) is 12.8 Å². The van der Waals surface area contributed by atoms with Crippen LogP contribution in [-0.2, 0) is 6.54 Å². The zero-order valence-corrected chi connectivity index (χ0v) is 14.2. The molecule has 3 aromatic heterocycles. The van der Waals surface area contributed by atoms with Crippen molar-refractivity contribution in [3.63, 3.8) is 0 Å². The minimum Gasteiger partial charge on any atom is -0.367 e. The first-order chi connectivity index (χ1) is 12.8. The van der Waals surface area contributed by atoms with Gasteiger partial charge in [-0.1, -0.05) is 30.3 Å². The van der Waals surface area contributed by atoms with Crippen LogP contribution in [0.5, 0.6) is 0 Å². The Morgan fingerprint density at radius 2 is 2.04 bits per heavy atom. The number of hydrogen-bond donors (Lipinski definition) is 1. The van der Waals surface area contributed by atoms with Crippen molar-refractivity contribution in [1.82, 2.24) is 29.1 Å². The summed E-state index contributed by atoms with van der Waals surface area (Å²) in [5.74, 6) is 2.24. The fraction of sp³-hybridized carbons (Fsp3) is 0.263. The van der Waals surface area contributed by atoms with Crippen LogP contribution in [-0.4, -0.2) is 35.2 Å². The van der Waals surface area contributed by atoms with Crippen LogP contribution in [0.3, 0.4) is 0 Å². The van der Waals surface area contributed by atoms with Gasteiger partial charge in [-0.2, -0.15) is 14.6 Å². The van der Waals surface area contributed by atoms with Crippen molar-refractivity contribution in [3.05, 3.63) is 61.4 Å². The van der Waals surface area contributed by atoms with Crippen molar-refractivity contribution in [3.8, 4) is 11.3 Å². The monoisotopic (exact) mass is 345 g/mol. The molecule has 0 aliphatic heterocycles. The van der Waals surface area contributed by atoms with Crippen LogP contribution in [0.25, 0.3) is 17.0 Å². The molecule has 0 unspecified atom stereocenters. The van der Waals surface area contributed by atoms with E-state index >= 15 is 0 Å². The Hall–Kier alpha value is -3.22. The first kappa shape index (κ1) is 15.1. The Balaban J connectivity index is 1.35. The maximum atomic E-state index is 4.62. The highest BCUT2D eigenvalue weighted by Gasteiger charge is 2.29. The highest BCUT2D eigenvalue weighted by atomic mass is 15.4. The molecule has 1 aromatic carbocycles. The first-order valence-corrected chi connectivity index (χ1v) is 8.83. The number of rotatable bonds is 5. The van der Waals surface area contributed by atoms with Crippen LogP contribution >= 0.6 is 0 Å². The second-order valence-corrected chi connectivity index (χ2v) is 6.80. The third-order valence-corrected chi connectivity index (χ3v) is 4.94. The molecule has 0 spiro atoms. The van der Waals surface area contributed by atoms with Crippen LogP contribution in [0.2, 0.25) is 0 Å². The molecule has 1 N–H and O–H groups in total. The molecule has 0 radical (unpaired) electrons. The largest absolute Gasteiger partial charge is 0.367 e. The van der Waals surface area contributed by atoms with E-state index in [-0.39, 0.29) is 0 Å². The summed E-state index contributed by atoms with van der Waals surface area (Å²) < 4.78 is 3.92. The number of nitrogens with zero attached hydrogens (tertiary/aromatic N) is 6. The van der Waals surface area contributed by atoms with E-state index in [1.165, 1.54) is 0 Å². The predicted molar refractivity (Wildman–Crippen MR) is 98.6 cm³/mol. The molecular weight excluding hydrogens is 326 g/mol. The van der Waals surface area contributed by atoms with Gasteiger partial charge in [0.05, 0.1) is 12.0 Å². The molecule has 1 fully saturated rings. The summed E-state index contributed by atoms with van der Waals surface area (Å²) in [6, 6.07) is 12.7. The minimum absolute atomic E-state index is 0.446. The fourth-order valence-corrected chi connectivity index (χ4v) is 3.58. The average Bonchev–Trinajstić information content (AvgIpc) is 3.32. The molecule has 1 aliphatic carbocycles. The van der Waals surface area contributed by atoms with Gasteiger partial charge in [0.15, 0.2) is 0 Å². The molecule has 130 valence electrons. The minimum atomic E-state index is 0.446. The molecule has 5 rings (SSSR count). The Bertz CT molecular complexity index is 1000. The number of imidazole rings is 1. The first-order valence-electron chi connectivity index (χ1n) is 8.83. The number of hydrogen-bond acceptors (Lipinski definition) is 5. The maximum Gasteiger partial charge on any atom is 0.254 e. The second-order valence-electron chi connectivity index (χ2n) is 6.80. The number of nitrogens with one attached hydrogen (secondary N) is 1. The van der Waals surface area contributed by atoms with Crippen molar-refractivity contribution in [2.24, 2.45) is 5.92 Å². The molecular formula is C19H19N7. The molecule has 0 amide bonds. The maximum absolute atomic E-state index is 4.62. The van der Waals surface area contributed by atoms with E-state index in [1.54, 1.807) is 10.8 Å². The van der Waals surface area contributed by atoms with Gasteiger partial charge in [-0.05, 0) is 18.8 Å². The predicted octanol–water partition coefficient (Wildman–Crippen LogP) is 2.88. The van der Waals surface area contributed by atoms with E-state index in [2.05, 4.69) is 48.1 Å². The highest BCUT2D eigenvalue weighted by Crippen LogP contribution is 2.32. The summed E-state index contributed by atoms with van der Waals surface area (Å²) in [6.45, 7) is 1.03. The van der Waals surface area contributed by atoms with Crippen LogP contribution in [0, 0.1) is 5.92 Å². The summed E-state index contributed by atoms with van der Waals surface area (Å²) in [5.41, 5.74) is 1.98. The molecule has 0 atom stereocenters. The summed E-state index contributed by atoms with van der Waals surface area (Å²) in [6.07, 6.45) is 9.56. The fourth-order valence-electron chi connectivity index (χ4n) is 3.58. The number of benzene rings is 1. The molecule has 26 heavy (non-hydrogen) atoms. The average molecular weight is 345 g/mol. The molecule has 7 heteroatoms. The van der Waals surface area contributed by atoms with Crippen molar-refractivity contribution in [2.45, 2.75) is 25.4 Å². The standard InChI is InChI=1S/C19H19N7/c1-2-4-15(5-3-1)17-10-18(26-19(24-17)21-12-22-26)23-16-8-14(9-16)11-25-7-6-20-13-25/h1-7,10,12-14,16,23H,8-9,11H2. The van der Waals surface area contributed by atoms with Crippen LogP contribution < -0.4 is 5.32 Å². The van der Waals surface area contributed by atoms with E-state index in [0.29, 0.717) is 17.7 Å². The molecule has 1 saturated carbocycles. The van der Waals surface area contributed by atoms with Gasteiger partial charge in [0.25, 0.3) is 5.78 Å². The zero-order chi connectivity index (χ0) is 17.3. The van der Waals surface area contributed by atoms with E-state index in [9.17, 15) is 0 Å². The number of fused-ring (bicyclic) bond motifs is 1. The molecule has 1 aliphatic rings. The SMILES string of the molecule is c1ccc(-c2cc(NC3CC(Cn4ccnc4)C3)n3ncnc3n2)cc1. The van der Waals surface area contributed by atoms with Crippen molar-refractivity contribution >= 4 is 11.6 Å². The van der Waals surface area contributed by atoms with Crippen LogP contribution in [0.4, 0.5) is 5.82 Å².